The van der Waals surface area contributed by atoms with Gasteiger partial charge in [-0.25, -0.2) is 0 Å². The van der Waals surface area contributed by atoms with E-state index in [1.807, 2.05) is 12.1 Å². The second-order valence-corrected chi connectivity index (χ2v) is 6.56. The van der Waals surface area contributed by atoms with Crippen LogP contribution in [0.2, 0.25) is 0 Å². The maximum atomic E-state index is 11.9. The van der Waals surface area contributed by atoms with Gasteiger partial charge in [-0.1, -0.05) is 64.1 Å². The molecule has 0 aliphatic rings. The zero-order valence-electron chi connectivity index (χ0n) is 14.8. The molecule has 0 bridgehead atoms. The summed E-state index contributed by atoms with van der Waals surface area (Å²) < 4.78 is 6.08. The fourth-order valence-electron chi connectivity index (χ4n) is 2.63. The molecule has 0 radical (unpaired) electrons. The zero-order valence-corrected chi connectivity index (χ0v) is 14.8. The van der Waals surface area contributed by atoms with E-state index in [0.717, 1.165) is 23.1 Å². The van der Waals surface area contributed by atoms with E-state index in [-0.39, 0.29) is 5.78 Å². The molecule has 0 spiro atoms. The molecule has 0 amide bonds. The topological polar surface area (TPSA) is 50.2 Å². The Labute approximate surface area is 144 Å². The van der Waals surface area contributed by atoms with E-state index in [2.05, 4.69) is 45.9 Å². The Kier molecular flexibility index (Phi) is 5.91. The number of benzene rings is 2. The van der Waals surface area contributed by atoms with Crippen molar-refractivity contribution in [1.29, 1.82) is 5.41 Å². The minimum absolute atomic E-state index is 0.297. The first kappa shape index (κ1) is 17.9. The van der Waals surface area contributed by atoms with Crippen LogP contribution in [0.3, 0.4) is 0 Å². The van der Waals surface area contributed by atoms with Crippen molar-refractivity contribution in [2.45, 2.75) is 46.1 Å². The Hall–Kier alpha value is -2.42. The molecule has 0 saturated heterocycles. The third-order valence-corrected chi connectivity index (χ3v) is 4.12. The Morgan fingerprint density at radius 1 is 1.08 bits per heavy atom. The Morgan fingerprint density at radius 3 is 2.42 bits per heavy atom. The van der Waals surface area contributed by atoms with E-state index in [9.17, 15) is 4.79 Å². The van der Waals surface area contributed by atoms with Crippen molar-refractivity contribution in [1.82, 2.24) is 0 Å². The van der Waals surface area contributed by atoms with E-state index in [4.69, 9.17) is 10.1 Å². The number of ketones is 1. The van der Waals surface area contributed by atoms with Crippen LogP contribution in [0, 0.1) is 5.41 Å². The maximum Gasteiger partial charge on any atom is 0.203 e. The highest BCUT2D eigenvalue weighted by molar-refractivity contribution is 6.34. The Balaban J connectivity index is 2.30. The molecule has 0 atom stereocenters. The van der Waals surface area contributed by atoms with Gasteiger partial charge in [0, 0.05) is 11.1 Å². The zero-order chi connectivity index (χ0) is 17.7. The van der Waals surface area contributed by atoms with Crippen molar-refractivity contribution in [3.63, 3.8) is 0 Å². The molecule has 126 valence electrons. The molecule has 2 rings (SSSR count). The average molecular weight is 323 g/mol. The summed E-state index contributed by atoms with van der Waals surface area (Å²) in [4.78, 5) is 11.9. The predicted molar refractivity (Wildman–Crippen MR) is 98.5 cm³/mol. The van der Waals surface area contributed by atoms with Crippen LogP contribution in [0.25, 0.3) is 0 Å². The molecule has 0 saturated carbocycles. The second-order valence-electron chi connectivity index (χ2n) is 6.56. The first-order valence-electron chi connectivity index (χ1n) is 8.33. The van der Waals surface area contributed by atoms with Gasteiger partial charge in [-0.05, 0) is 29.0 Å². The van der Waals surface area contributed by atoms with Crippen LogP contribution in [0.1, 0.15) is 66.6 Å². The predicted octanol–water partition coefficient (Wildman–Crippen LogP) is 5.34. The maximum absolute atomic E-state index is 11.9. The lowest BCUT2D eigenvalue weighted by molar-refractivity contribution is 0.106. The Bertz CT molecular complexity index is 732. The third kappa shape index (κ3) is 4.10. The van der Waals surface area contributed by atoms with Crippen LogP contribution < -0.4 is 4.74 Å². The smallest absolute Gasteiger partial charge is 0.203 e. The molecule has 2 aromatic carbocycles. The molecule has 0 unspecified atom stereocenters. The van der Waals surface area contributed by atoms with Gasteiger partial charge >= 0.3 is 0 Å². The number of Topliss-reactive ketones (excluding diaryl/α,β-unsaturated/α-hetero) is 1. The van der Waals surface area contributed by atoms with Crippen LogP contribution in [-0.2, 0) is 6.61 Å². The third-order valence-electron chi connectivity index (χ3n) is 4.12. The van der Waals surface area contributed by atoms with Gasteiger partial charge in [0.05, 0.1) is 6.21 Å². The molecule has 0 fully saturated rings. The first-order valence-corrected chi connectivity index (χ1v) is 8.33. The van der Waals surface area contributed by atoms with Crippen molar-refractivity contribution in [3.05, 3.63) is 64.7 Å². The largest absolute Gasteiger partial charge is 0.489 e. The summed E-state index contributed by atoms with van der Waals surface area (Å²) >= 11 is 0. The lowest BCUT2D eigenvalue weighted by Crippen LogP contribution is -2.08. The normalized spacial score (nSPS) is 10.9. The van der Waals surface area contributed by atoms with Crippen LogP contribution in [0.5, 0.6) is 5.75 Å². The molecular formula is C21H25NO2. The number of hydrogen-bond acceptors (Lipinski definition) is 3. The Morgan fingerprint density at radius 2 is 1.79 bits per heavy atom. The second kappa shape index (κ2) is 7.91. The standard InChI is InChI=1S/C21H25NO2/c1-14(2)16-9-10-18(15(3)4)21(11-16)24-13-17-7-5-6-8-19(17)20(23)12-22/h5-12,14-15,22H,13H2,1-4H3. The lowest BCUT2D eigenvalue weighted by Gasteiger charge is -2.17. The average Bonchev–Trinajstić information content (AvgIpc) is 2.59. The molecule has 0 aliphatic carbocycles. The molecule has 3 nitrogen and oxygen atoms in total. The fraction of sp³-hybridized carbons (Fsp3) is 0.333. The van der Waals surface area contributed by atoms with Crippen molar-refractivity contribution in [2.24, 2.45) is 0 Å². The number of nitrogens with one attached hydrogen (secondary N) is 1. The minimum Gasteiger partial charge on any atom is -0.489 e. The summed E-state index contributed by atoms with van der Waals surface area (Å²) in [7, 11) is 0. The number of rotatable bonds is 7. The monoisotopic (exact) mass is 323 g/mol. The lowest BCUT2D eigenvalue weighted by atomic mass is 9.96. The SMILES string of the molecule is CC(C)c1ccc(C(C)C)c(OCc2ccccc2C(=O)C=N)c1. The molecule has 0 heterocycles. The van der Waals surface area contributed by atoms with Gasteiger partial charge in [0.25, 0.3) is 0 Å². The number of carbonyl (C=O) groups excluding carboxylic acids is 1. The van der Waals surface area contributed by atoms with Crippen molar-refractivity contribution >= 4 is 12.0 Å². The van der Waals surface area contributed by atoms with Gasteiger partial charge in [0.1, 0.15) is 12.4 Å². The number of carbonyl (C=O) groups is 1. The highest BCUT2D eigenvalue weighted by Crippen LogP contribution is 2.31. The minimum atomic E-state index is -0.297. The van der Waals surface area contributed by atoms with E-state index < -0.39 is 0 Å². The van der Waals surface area contributed by atoms with Crippen molar-refractivity contribution < 1.29 is 9.53 Å². The summed E-state index contributed by atoms with van der Waals surface area (Å²) in [6, 6.07) is 13.7. The van der Waals surface area contributed by atoms with Crippen molar-refractivity contribution in [3.8, 4) is 5.75 Å². The molecular weight excluding hydrogens is 298 g/mol. The number of hydrogen-bond donors (Lipinski definition) is 1. The van der Waals surface area contributed by atoms with Gasteiger partial charge in [0.15, 0.2) is 0 Å². The molecule has 24 heavy (non-hydrogen) atoms. The van der Waals surface area contributed by atoms with E-state index in [0.29, 0.717) is 24.0 Å². The van der Waals surface area contributed by atoms with Crippen molar-refractivity contribution in [2.75, 3.05) is 0 Å². The summed E-state index contributed by atoms with van der Waals surface area (Å²) in [5.41, 5.74) is 3.72. The number of ether oxygens (including phenoxy) is 1. The van der Waals surface area contributed by atoms with Crippen LogP contribution in [0.15, 0.2) is 42.5 Å². The molecule has 0 aromatic heterocycles. The van der Waals surface area contributed by atoms with Gasteiger partial charge in [0.2, 0.25) is 5.78 Å². The summed E-state index contributed by atoms with van der Waals surface area (Å²) in [5, 5.41) is 7.19. The van der Waals surface area contributed by atoms with Crippen LogP contribution in [-0.4, -0.2) is 12.0 Å². The fourth-order valence-corrected chi connectivity index (χ4v) is 2.63. The molecule has 2 aromatic rings. The van der Waals surface area contributed by atoms with E-state index >= 15 is 0 Å². The summed E-state index contributed by atoms with van der Waals surface area (Å²) in [6.07, 6.45) is 0.845. The van der Waals surface area contributed by atoms with Gasteiger partial charge in [-0.2, -0.15) is 0 Å². The quantitative estimate of drug-likeness (QED) is 0.552. The van der Waals surface area contributed by atoms with E-state index in [1.54, 1.807) is 12.1 Å². The van der Waals surface area contributed by atoms with Gasteiger partial charge < -0.3 is 10.1 Å². The highest BCUT2D eigenvalue weighted by Gasteiger charge is 2.13. The summed E-state index contributed by atoms with van der Waals surface area (Å²) in [6.45, 7) is 8.92. The molecule has 3 heteroatoms. The van der Waals surface area contributed by atoms with E-state index in [1.165, 1.54) is 5.56 Å². The first-order chi connectivity index (χ1) is 11.4. The van der Waals surface area contributed by atoms with Crippen LogP contribution >= 0.6 is 0 Å². The summed E-state index contributed by atoms with van der Waals surface area (Å²) in [5.74, 6) is 1.36. The van der Waals surface area contributed by atoms with Crippen LogP contribution in [0.4, 0.5) is 0 Å². The molecule has 1 N–H and O–H groups in total. The molecule has 0 aliphatic heterocycles. The highest BCUT2D eigenvalue weighted by atomic mass is 16.5. The van der Waals surface area contributed by atoms with Gasteiger partial charge in [-0.15, -0.1) is 0 Å². The van der Waals surface area contributed by atoms with Gasteiger partial charge in [-0.3, -0.25) is 4.79 Å².